The molecule has 6 nitrogen and oxygen atoms in total. The van der Waals surface area contributed by atoms with Crippen molar-refractivity contribution in [3.8, 4) is 0 Å². The normalized spacial score (nSPS) is 14.4. The highest BCUT2D eigenvalue weighted by Gasteiger charge is 2.24. The van der Waals surface area contributed by atoms with Crippen molar-refractivity contribution >= 4 is 11.9 Å². The lowest BCUT2D eigenvalue weighted by molar-refractivity contribution is -0.145. The van der Waals surface area contributed by atoms with Gasteiger partial charge in [0.1, 0.15) is 12.1 Å². The van der Waals surface area contributed by atoms with E-state index in [1.54, 1.807) is 0 Å². The van der Waals surface area contributed by atoms with Crippen molar-refractivity contribution in [1.29, 1.82) is 0 Å². The first kappa shape index (κ1) is 14.9. The highest BCUT2D eigenvalue weighted by Crippen LogP contribution is 2.06. The van der Waals surface area contributed by atoms with Crippen molar-refractivity contribution in [1.82, 2.24) is 5.32 Å². The Kier molecular flexibility index (Phi) is 6.67. The molecule has 4 N–H and O–H groups in total. The van der Waals surface area contributed by atoms with Crippen LogP contribution in [0.3, 0.4) is 0 Å². The maximum atomic E-state index is 11.4. The van der Waals surface area contributed by atoms with Crippen LogP contribution in [0.25, 0.3) is 0 Å². The second-order valence-corrected chi connectivity index (χ2v) is 4.00. The van der Waals surface area contributed by atoms with Gasteiger partial charge in [0.15, 0.2) is 0 Å². The molecule has 0 aromatic carbocycles. The number of aliphatic hydroxyl groups excluding tert-OH is 1. The Morgan fingerprint density at radius 3 is 2.38 bits per heavy atom. The molecule has 0 spiro atoms. The van der Waals surface area contributed by atoms with Gasteiger partial charge < -0.3 is 20.9 Å². The molecule has 0 aromatic heterocycles. The van der Waals surface area contributed by atoms with E-state index in [0.29, 0.717) is 6.42 Å². The molecule has 0 heterocycles. The van der Waals surface area contributed by atoms with E-state index in [9.17, 15) is 9.59 Å². The molecule has 94 valence electrons. The van der Waals surface area contributed by atoms with Crippen molar-refractivity contribution in [2.75, 3.05) is 13.7 Å². The highest BCUT2D eigenvalue weighted by atomic mass is 16.5. The summed E-state index contributed by atoms with van der Waals surface area (Å²) >= 11 is 0. The summed E-state index contributed by atoms with van der Waals surface area (Å²) in [6.07, 6.45) is 0.469. The van der Waals surface area contributed by atoms with E-state index >= 15 is 0 Å². The largest absolute Gasteiger partial charge is 0.467 e. The van der Waals surface area contributed by atoms with Crippen LogP contribution >= 0.6 is 0 Å². The van der Waals surface area contributed by atoms with Crippen LogP contribution in [0.2, 0.25) is 0 Å². The molecule has 0 saturated heterocycles. The molecule has 0 radical (unpaired) electrons. The summed E-state index contributed by atoms with van der Waals surface area (Å²) in [6, 6.07) is -1.73. The van der Waals surface area contributed by atoms with Crippen LogP contribution < -0.4 is 11.1 Å². The van der Waals surface area contributed by atoms with Gasteiger partial charge in [-0.05, 0) is 12.3 Å². The number of carbonyl (C=O) groups is 2. The molecule has 0 aliphatic carbocycles. The zero-order chi connectivity index (χ0) is 12.7. The van der Waals surface area contributed by atoms with E-state index in [4.69, 9.17) is 10.8 Å². The summed E-state index contributed by atoms with van der Waals surface area (Å²) < 4.78 is 4.57. The Bertz CT molecular complexity index is 243. The standard InChI is InChI=1S/C10H20N2O4/c1-6(2)4-8(10(15)16-3)12-9(14)7(11)5-13/h6-8,13H,4-5,11H2,1-3H3,(H,12,14). The van der Waals surface area contributed by atoms with Gasteiger partial charge in [0.05, 0.1) is 13.7 Å². The average Bonchev–Trinajstić information content (AvgIpc) is 2.25. The fraction of sp³-hybridized carbons (Fsp3) is 0.800. The van der Waals surface area contributed by atoms with Crippen LogP contribution in [0.15, 0.2) is 0 Å². The van der Waals surface area contributed by atoms with Crippen LogP contribution in [-0.2, 0) is 14.3 Å². The summed E-state index contributed by atoms with van der Waals surface area (Å²) in [5.41, 5.74) is 5.32. The number of rotatable bonds is 6. The molecule has 2 atom stereocenters. The monoisotopic (exact) mass is 232 g/mol. The lowest BCUT2D eigenvalue weighted by Crippen LogP contribution is -2.50. The fourth-order valence-electron chi connectivity index (χ4n) is 1.19. The fourth-order valence-corrected chi connectivity index (χ4v) is 1.19. The molecular formula is C10H20N2O4. The summed E-state index contributed by atoms with van der Waals surface area (Å²) in [7, 11) is 1.26. The van der Waals surface area contributed by atoms with Crippen molar-refractivity contribution in [3.05, 3.63) is 0 Å². The molecule has 0 aromatic rings. The van der Waals surface area contributed by atoms with E-state index < -0.39 is 30.6 Å². The van der Waals surface area contributed by atoms with E-state index in [2.05, 4.69) is 10.1 Å². The van der Waals surface area contributed by atoms with Gasteiger partial charge in [-0.2, -0.15) is 0 Å². The molecule has 0 rings (SSSR count). The Hall–Kier alpha value is -1.14. The second-order valence-electron chi connectivity index (χ2n) is 4.00. The summed E-state index contributed by atoms with van der Waals surface area (Å²) in [5.74, 6) is -0.833. The SMILES string of the molecule is COC(=O)C(CC(C)C)NC(=O)C(N)CO. The minimum absolute atomic E-state index is 0.231. The lowest BCUT2D eigenvalue weighted by atomic mass is 10.0. The van der Waals surface area contributed by atoms with Gasteiger partial charge in [0.2, 0.25) is 5.91 Å². The van der Waals surface area contributed by atoms with E-state index in [-0.39, 0.29) is 5.92 Å². The Labute approximate surface area is 95.1 Å². The average molecular weight is 232 g/mol. The minimum Gasteiger partial charge on any atom is -0.467 e. The maximum absolute atomic E-state index is 11.4. The zero-order valence-corrected chi connectivity index (χ0v) is 9.90. The Balaban J connectivity index is 4.42. The lowest BCUT2D eigenvalue weighted by Gasteiger charge is -2.19. The smallest absolute Gasteiger partial charge is 0.328 e. The first-order valence-corrected chi connectivity index (χ1v) is 5.17. The summed E-state index contributed by atoms with van der Waals surface area (Å²) in [4.78, 5) is 22.7. The van der Waals surface area contributed by atoms with Crippen LogP contribution in [-0.4, -0.2) is 42.8 Å². The van der Waals surface area contributed by atoms with Crippen molar-refractivity contribution < 1.29 is 19.4 Å². The number of amides is 1. The number of aliphatic hydroxyl groups is 1. The second kappa shape index (κ2) is 7.19. The Morgan fingerprint density at radius 2 is 2.00 bits per heavy atom. The van der Waals surface area contributed by atoms with Crippen molar-refractivity contribution in [2.24, 2.45) is 11.7 Å². The number of methoxy groups -OCH3 is 1. The topological polar surface area (TPSA) is 102 Å². The van der Waals surface area contributed by atoms with Gasteiger partial charge in [0.25, 0.3) is 0 Å². The number of carbonyl (C=O) groups excluding carboxylic acids is 2. The number of hydrogen-bond donors (Lipinski definition) is 3. The van der Waals surface area contributed by atoms with Gasteiger partial charge in [-0.3, -0.25) is 4.79 Å². The van der Waals surface area contributed by atoms with Crippen molar-refractivity contribution in [2.45, 2.75) is 32.4 Å². The third-order valence-corrected chi connectivity index (χ3v) is 2.04. The van der Waals surface area contributed by atoms with Crippen molar-refractivity contribution in [3.63, 3.8) is 0 Å². The predicted molar refractivity (Wildman–Crippen MR) is 58.5 cm³/mol. The minimum atomic E-state index is -1.01. The quantitative estimate of drug-likeness (QED) is 0.510. The molecule has 0 aliphatic rings. The van der Waals surface area contributed by atoms with Gasteiger partial charge in [-0.1, -0.05) is 13.8 Å². The van der Waals surface area contributed by atoms with Gasteiger partial charge in [-0.25, -0.2) is 4.79 Å². The molecule has 0 saturated carbocycles. The van der Waals surface area contributed by atoms with Crippen LogP contribution in [0, 0.1) is 5.92 Å². The van der Waals surface area contributed by atoms with Crippen LogP contribution in [0.4, 0.5) is 0 Å². The molecule has 2 unspecified atom stereocenters. The molecule has 0 bridgehead atoms. The van der Waals surface area contributed by atoms with Gasteiger partial charge in [0, 0.05) is 0 Å². The third-order valence-electron chi connectivity index (χ3n) is 2.04. The number of esters is 1. The first-order valence-electron chi connectivity index (χ1n) is 5.17. The number of hydrogen-bond acceptors (Lipinski definition) is 5. The number of nitrogens with one attached hydrogen (secondary N) is 1. The first-order chi connectivity index (χ1) is 7.42. The summed E-state index contributed by atoms with van der Waals surface area (Å²) in [6.45, 7) is 3.39. The van der Waals surface area contributed by atoms with Crippen LogP contribution in [0.5, 0.6) is 0 Å². The Morgan fingerprint density at radius 1 is 1.44 bits per heavy atom. The summed E-state index contributed by atoms with van der Waals surface area (Å²) in [5, 5.41) is 11.1. The molecular weight excluding hydrogens is 212 g/mol. The van der Waals surface area contributed by atoms with Gasteiger partial charge in [-0.15, -0.1) is 0 Å². The third kappa shape index (κ3) is 5.09. The van der Waals surface area contributed by atoms with E-state index in [1.807, 2.05) is 13.8 Å². The zero-order valence-electron chi connectivity index (χ0n) is 9.90. The molecule has 16 heavy (non-hydrogen) atoms. The van der Waals surface area contributed by atoms with E-state index in [1.165, 1.54) is 7.11 Å². The maximum Gasteiger partial charge on any atom is 0.328 e. The molecule has 6 heteroatoms. The highest BCUT2D eigenvalue weighted by molar-refractivity contribution is 5.87. The van der Waals surface area contributed by atoms with Gasteiger partial charge >= 0.3 is 5.97 Å². The number of ether oxygens (including phenoxy) is 1. The van der Waals surface area contributed by atoms with Crippen LogP contribution in [0.1, 0.15) is 20.3 Å². The predicted octanol–water partition coefficient (Wildman–Crippen LogP) is -0.990. The molecule has 0 fully saturated rings. The van der Waals surface area contributed by atoms with E-state index in [0.717, 1.165) is 0 Å². The molecule has 0 aliphatic heterocycles. The molecule has 1 amide bonds. The number of nitrogens with two attached hydrogens (primary N) is 1.